The minimum Gasteiger partial charge on any atom is -0.460 e. The van der Waals surface area contributed by atoms with Gasteiger partial charge in [0.05, 0.1) is 17.6 Å². The van der Waals surface area contributed by atoms with Crippen LogP contribution in [0.25, 0.3) is 0 Å². The predicted octanol–water partition coefficient (Wildman–Crippen LogP) is 3.35. The van der Waals surface area contributed by atoms with Gasteiger partial charge in [0.15, 0.2) is 0 Å². The van der Waals surface area contributed by atoms with E-state index in [1.807, 2.05) is 0 Å². The molecule has 1 aromatic carbocycles. The van der Waals surface area contributed by atoms with Gasteiger partial charge >= 0.3 is 12.1 Å². The molecule has 0 aromatic heterocycles. The molecule has 8 heteroatoms. The summed E-state index contributed by atoms with van der Waals surface area (Å²) in [5.74, 6) is -0.517. The quantitative estimate of drug-likeness (QED) is 0.627. The van der Waals surface area contributed by atoms with Crippen molar-refractivity contribution in [1.29, 1.82) is 0 Å². The molecule has 1 aromatic rings. The van der Waals surface area contributed by atoms with Crippen LogP contribution in [-0.4, -0.2) is 35.4 Å². The molecular formula is C18H25F3N2O3. The number of hydrogen-bond donors (Lipinski definition) is 2. The number of halogens is 3. The van der Waals surface area contributed by atoms with Crippen molar-refractivity contribution in [2.75, 3.05) is 23.7 Å². The molecule has 1 fully saturated rings. The number of alkyl halides is 3. The van der Waals surface area contributed by atoms with Gasteiger partial charge in [-0.1, -0.05) is 0 Å². The number of aliphatic hydroxyl groups is 1. The molecule has 0 amide bonds. The molecule has 1 aliphatic heterocycles. The summed E-state index contributed by atoms with van der Waals surface area (Å²) in [5, 5.41) is 10.6. The normalized spacial score (nSPS) is 17.9. The van der Waals surface area contributed by atoms with E-state index in [1.165, 1.54) is 12.1 Å². The fraction of sp³-hybridized carbons (Fsp3) is 0.611. The van der Waals surface area contributed by atoms with Gasteiger partial charge in [-0.15, -0.1) is 0 Å². The average Bonchev–Trinajstić information content (AvgIpc) is 2.45. The van der Waals surface area contributed by atoms with Gasteiger partial charge in [-0.05, 0) is 51.8 Å². The first kappa shape index (κ1) is 20.4. The van der Waals surface area contributed by atoms with Crippen molar-refractivity contribution >= 4 is 17.3 Å². The number of carbonyl (C=O) groups is 1. The summed E-state index contributed by atoms with van der Waals surface area (Å²) in [4.78, 5) is 13.5. The van der Waals surface area contributed by atoms with E-state index in [-0.39, 0.29) is 43.7 Å². The molecule has 2 rings (SSSR count). The Labute approximate surface area is 150 Å². The van der Waals surface area contributed by atoms with Crippen LogP contribution >= 0.6 is 0 Å². The second-order valence-corrected chi connectivity index (χ2v) is 7.75. The number of ether oxygens (including phenoxy) is 1. The highest BCUT2D eigenvalue weighted by atomic mass is 19.4. The van der Waals surface area contributed by atoms with E-state index in [0.29, 0.717) is 0 Å². The van der Waals surface area contributed by atoms with Crippen LogP contribution in [0, 0.1) is 0 Å². The standard InChI is InChI=1S/C18H25F3N2O3/c1-16(2,3)26-15(24)11-17(25)6-8-23(9-7-17)14-5-4-12(22)10-13(14)18(19,20)21/h4-5,10,25H,6-9,11,22H2,1-3H3. The van der Waals surface area contributed by atoms with E-state index in [9.17, 15) is 23.1 Å². The molecule has 1 saturated heterocycles. The third-order valence-electron chi connectivity index (χ3n) is 4.25. The Morgan fingerprint density at radius 3 is 2.35 bits per heavy atom. The highest BCUT2D eigenvalue weighted by molar-refractivity contribution is 5.71. The number of rotatable bonds is 3. The van der Waals surface area contributed by atoms with Gasteiger partial charge < -0.3 is 20.5 Å². The van der Waals surface area contributed by atoms with Gasteiger partial charge in [-0.2, -0.15) is 13.2 Å². The SMILES string of the molecule is CC(C)(C)OC(=O)CC1(O)CCN(c2ccc(N)cc2C(F)(F)F)CC1. The minimum atomic E-state index is -4.52. The maximum Gasteiger partial charge on any atom is 0.418 e. The predicted molar refractivity (Wildman–Crippen MR) is 92.7 cm³/mol. The molecule has 0 bridgehead atoms. The van der Waals surface area contributed by atoms with Crippen molar-refractivity contribution in [3.63, 3.8) is 0 Å². The molecule has 146 valence electrons. The molecule has 0 saturated carbocycles. The van der Waals surface area contributed by atoms with Crippen LogP contribution in [0.1, 0.15) is 45.6 Å². The summed E-state index contributed by atoms with van der Waals surface area (Å²) >= 11 is 0. The summed E-state index contributed by atoms with van der Waals surface area (Å²) < 4.78 is 45.0. The molecule has 0 unspecified atom stereocenters. The number of anilines is 2. The Hall–Kier alpha value is -1.96. The van der Waals surface area contributed by atoms with E-state index in [0.717, 1.165) is 6.07 Å². The van der Waals surface area contributed by atoms with E-state index in [1.54, 1.807) is 25.7 Å². The number of nitrogen functional groups attached to an aromatic ring is 1. The van der Waals surface area contributed by atoms with Crippen LogP contribution in [0.4, 0.5) is 24.5 Å². The maximum atomic E-state index is 13.3. The van der Waals surface area contributed by atoms with Gasteiger partial charge in [-0.3, -0.25) is 4.79 Å². The van der Waals surface area contributed by atoms with Crippen LogP contribution < -0.4 is 10.6 Å². The Balaban J connectivity index is 2.08. The number of hydrogen-bond acceptors (Lipinski definition) is 5. The molecular weight excluding hydrogens is 349 g/mol. The Bertz CT molecular complexity index is 661. The summed E-state index contributed by atoms with van der Waals surface area (Å²) in [7, 11) is 0. The largest absolute Gasteiger partial charge is 0.460 e. The van der Waals surface area contributed by atoms with E-state index in [4.69, 9.17) is 10.5 Å². The first-order valence-electron chi connectivity index (χ1n) is 8.45. The molecule has 1 heterocycles. The van der Waals surface area contributed by atoms with Gasteiger partial charge in [0.1, 0.15) is 5.60 Å². The lowest BCUT2D eigenvalue weighted by Crippen LogP contribution is -2.46. The summed E-state index contributed by atoms with van der Waals surface area (Å²) in [5.41, 5.74) is 2.84. The van der Waals surface area contributed by atoms with Crippen molar-refractivity contribution in [1.82, 2.24) is 0 Å². The second-order valence-electron chi connectivity index (χ2n) is 7.75. The smallest absolute Gasteiger partial charge is 0.418 e. The second kappa shape index (κ2) is 6.98. The zero-order valence-corrected chi connectivity index (χ0v) is 15.2. The third-order valence-corrected chi connectivity index (χ3v) is 4.25. The highest BCUT2D eigenvalue weighted by Gasteiger charge is 2.39. The first-order chi connectivity index (χ1) is 11.8. The molecule has 3 N–H and O–H groups in total. The zero-order valence-electron chi connectivity index (χ0n) is 15.2. The van der Waals surface area contributed by atoms with Crippen LogP contribution in [0.2, 0.25) is 0 Å². The molecule has 0 spiro atoms. The zero-order chi connectivity index (χ0) is 19.8. The third kappa shape index (κ3) is 5.27. The Morgan fingerprint density at radius 2 is 1.85 bits per heavy atom. The highest BCUT2D eigenvalue weighted by Crippen LogP contribution is 2.39. The maximum absolute atomic E-state index is 13.3. The average molecular weight is 374 g/mol. The number of nitrogens with two attached hydrogens (primary N) is 1. The van der Waals surface area contributed by atoms with Gasteiger partial charge in [0.2, 0.25) is 0 Å². The Kier molecular flexibility index (Phi) is 5.46. The van der Waals surface area contributed by atoms with Crippen LogP contribution in [-0.2, 0) is 15.7 Å². The number of nitrogens with zero attached hydrogens (tertiary/aromatic N) is 1. The Morgan fingerprint density at radius 1 is 1.27 bits per heavy atom. The first-order valence-corrected chi connectivity index (χ1v) is 8.45. The van der Waals surface area contributed by atoms with Gasteiger partial charge in [0, 0.05) is 24.5 Å². The van der Waals surface area contributed by atoms with E-state index in [2.05, 4.69) is 0 Å². The lowest BCUT2D eigenvalue weighted by Gasteiger charge is -2.40. The summed E-state index contributed by atoms with van der Waals surface area (Å²) in [6.45, 7) is 5.60. The fourth-order valence-corrected chi connectivity index (χ4v) is 3.04. The van der Waals surface area contributed by atoms with Crippen molar-refractivity contribution < 1.29 is 27.8 Å². The number of carbonyl (C=O) groups excluding carboxylic acids is 1. The molecule has 0 aliphatic carbocycles. The topological polar surface area (TPSA) is 75.8 Å². The van der Waals surface area contributed by atoms with Crippen LogP contribution in [0.5, 0.6) is 0 Å². The fourth-order valence-electron chi connectivity index (χ4n) is 3.04. The van der Waals surface area contributed by atoms with Crippen molar-refractivity contribution in [3.8, 4) is 0 Å². The molecule has 5 nitrogen and oxygen atoms in total. The van der Waals surface area contributed by atoms with E-state index >= 15 is 0 Å². The number of benzene rings is 1. The van der Waals surface area contributed by atoms with E-state index < -0.39 is 28.9 Å². The minimum absolute atomic E-state index is 0.0334. The summed E-state index contributed by atoms with van der Waals surface area (Å²) in [6.07, 6.45) is -4.34. The summed E-state index contributed by atoms with van der Waals surface area (Å²) in [6, 6.07) is 3.68. The van der Waals surface area contributed by atoms with Gasteiger partial charge in [-0.25, -0.2) is 0 Å². The molecule has 0 radical (unpaired) electrons. The molecule has 0 atom stereocenters. The van der Waals surface area contributed by atoms with Gasteiger partial charge in [0.25, 0.3) is 0 Å². The number of esters is 1. The van der Waals surface area contributed by atoms with Crippen molar-refractivity contribution in [2.45, 2.75) is 57.4 Å². The monoisotopic (exact) mass is 374 g/mol. The van der Waals surface area contributed by atoms with Crippen molar-refractivity contribution in [3.05, 3.63) is 23.8 Å². The van der Waals surface area contributed by atoms with Crippen molar-refractivity contribution in [2.24, 2.45) is 0 Å². The van der Waals surface area contributed by atoms with Crippen LogP contribution in [0.3, 0.4) is 0 Å². The van der Waals surface area contributed by atoms with Crippen LogP contribution in [0.15, 0.2) is 18.2 Å². The molecule has 26 heavy (non-hydrogen) atoms. The lowest BCUT2D eigenvalue weighted by molar-refractivity contribution is -0.161. The molecule has 1 aliphatic rings. The lowest BCUT2D eigenvalue weighted by atomic mass is 9.87. The number of piperidine rings is 1.